The van der Waals surface area contributed by atoms with Crippen LogP contribution in [0.1, 0.15) is 40.5 Å². The maximum Gasteiger partial charge on any atom is 0.0962 e. The lowest BCUT2D eigenvalue weighted by atomic mass is 10.2. The molecule has 0 fully saturated rings. The summed E-state index contributed by atoms with van der Waals surface area (Å²) < 4.78 is 0. The van der Waals surface area contributed by atoms with Crippen molar-refractivity contribution in [3.63, 3.8) is 0 Å². The third kappa shape index (κ3) is 7.37. The Morgan fingerprint density at radius 3 is 2.27 bits per heavy atom. The summed E-state index contributed by atoms with van der Waals surface area (Å²) in [7, 11) is 2.16. The molecular weight excluding hydrogens is 186 g/mol. The van der Waals surface area contributed by atoms with Gasteiger partial charge in [-0.1, -0.05) is 13.8 Å². The molecule has 0 aromatic rings. The van der Waals surface area contributed by atoms with Gasteiger partial charge in [0.1, 0.15) is 0 Å². The quantitative estimate of drug-likeness (QED) is 0.400. The highest BCUT2D eigenvalue weighted by molar-refractivity contribution is 5.82. The van der Waals surface area contributed by atoms with E-state index in [1.807, 2.05) is 0 Å². The molecule has 3 nitrogen and oxygen atoms in total. The van der Waals surface area contributed by atoms with E-state index in [2.05, 4.69) is 44.6 Å². The van der Waals surface area contributed by atoms with Gasteiger partial charge >= 0.3 is 0 Å². The van der Waals surface area contributed by atoms with Crippen molar-refractivity contribution in [1.82, 2.24) is 4.90 Å². The van der Waals surface area contributed by atoms with Crippen LogP contribution in [0.4, 0.5) is 0 Å². The molecule has 0 aliphatic rings. The minimum absolute atomic E-state index is 0.378. The highest BCUT2D eigenvalue weighted by Gasteiger charge is 2.02. The molecular formula is C12H27N3. The average Bonchev–Trinajstić information content (AvgIpc) is 2.16. The van der Waals surface area contributed by atoms with Crippen LogP contribution >= 0.6 is 0 Å². The molecule has 0 aromatic carbocycles. The van der Waals surface area contributed by atoms with E-state index in [1.54, 1.807) is 0 Å². The first-order valence-corrected chi connectivity index (χ1v) is 5.95. The molecule has 0 aliphatic heterocycles. The van der Waals surface area contributed by atoms with Crippen molar-refractivity contribution >= 4 is 5.84 Å². The molecule has 0 aliphatic carbocycles. The van der Waals surface area contributed by atoms with Crippen molar-refractivity contribution in [1.29, 1.82) is 0 Å². The van der Waals surface area contributed by atoms with E-state index in [0.717, 1.165) is 25.3 Å². The summed E-state index contributed by atoms with van der Waals surface area (Å²) >= 11 is 0. The molecule has 0 amide bonds. The Labute approximate surface area is 94.7 Å². The van der Waals surface area contributed by atoms with Gasteiger partial charge in [0.25, 0.3) is 0 Å². The molecule has 0 rings (SSSR count). The Morgan fingerprint density at radius 1 is 1.20 bits per heavy atom. The molecule has 90 valence electrons. The second-order valence-corrected chi connectivity index (χ2v) is 4.74. The SMILES string of the molecule is CC(C)C(N)=NCCCCN(C)C(C)C. The predicted octanol–water partition coefficient (Wildman–Crippen LogP) is 2.12. The van der Waals surface area contributed by atoms with Gasteiger partial charge < -0.3 is 10.6 Å². The van der Waals surface area contributed by atoms with E-state index >= 15 is 0 Å². The zero-order valence-electron chi connectivity index (χ0n) is 11.0. The topological polar surface area (TPSA) is 41.6 Å². The molecule has 0 spiro atoms. The van der Waals surface area contributed by atoms with Gasteiger partial charge in [0, 0.05) is 18.5 Å². The van der Waals surface area contributed by atoms with Crippen LogP contribution in [-0.2, 0) is 0 Å². The van der Waals surface area contributed by atoms with Crippen molar-refractivity contribution in [2.45, 2.75) is 46.6 Å². The van der Waals surface area contributed by atoms with E-state index in [-0.39, 0.29) is 0 Å². The van der Waals surface area contributed by atoms with Gasteiger partial charge in [-0.05, 0) is 40.3 Å². The number of rotatable bonds is 7. The summed E-state index contributed by atoms with van der Waals surface area (Å²) in [5.74, 6) is 1.16. The maximum absolute atomic E-state index is 5.75. The lowest BCUT2D eigenvalue weighted by molar-refractivity contribution is 0.269. The van der Waals surface area contributed by atoms with Crippen molar-refractivity contribution in [2.75, 3.05) is 20.1 Å². The standard InChI is InChI=1S/C12H27N3/c1-10(2)12(13)14-8-6-7-9-15(5)11(3)4/h10-11H,6-9H2,1-5H3,(H2,13,14). The third-order valence-electron chi connectivity index (χ3n) is 2.69. The molecule has 0 radical (unpaired) electrons. The van der Waals surface area contributed by atoms with Gasteiger partial charge in [-0.15, -0.1) is 0 Å². The second-order valence-electron chi connectivity index (χ2n) is 4.74. The molecule has 0 saturated carbocycles. The molecule has 2 N–H and O–H groups in total. The number of aliphatic imine (C=N–C) groups is 1. The molecule has 0 unspecified atom stereocenters. The van der Waals surface area contributed by atoms with Gasteiger partial charge in [0.15, 0.2) is 0 Å². The Bertz CT molecular complexity index is 185. The lowest BCUT2D eigenvalue weighted by Gasteiger charge is -2.20. The monoisotopic (exact) mass is 213 g/mol. The fourth-order valence-electron chi connectivity index (χ4n) is 1.12. The first-order chi connectivity index (χ1) is 6.95. The van der Waals surface area contributed by atoms with E-state index in [1.165, 1.54) is 6.42 Å². The number of hydrogen-bond acceptors (Lipinski definition) is 2. The summed E-state index contributed by atoms with van der Waals surface area (Å²) in [5.41, 5.74) is 5.75. The van der Waals surface area contributed by atoms with Crippen molar-refractivity contribution < 1.29 is 0 Å². The van der Waals surface area contributed by atoms with Crippen LogP contribution in [0, 0.1) is 5.92 Å². The summed E-state index contributed by atoms with van der Waals surface area (Å²) in [4.78, 5) is 6.70. The van der Waals surface area contributed by atoms with E-state index < -0.39 is 0 Å². The molecule has 3 heteroatoms. The molecule has 15 heavy (non-hydrogen) atoms. The van der Waals surface area contributed by atoms with Gasteiger partial charge in [-0.3, -0.25) is 4.99 Å². The number of nitrogens with zero attached hydrogens (tertiary/aromatic N) is 2. The minimum atomic E-state index is 0.378. The Balaban J connectivity index is 3.51. The predicted molar refractivity (Wildman–Crippen MR) is 68.3 cm³/mol. The number of unbranched alkanes of at least 4 members (excludes halogenated alkanes) is 1. The lowest BCUT2D eigenvalue weighted by Crippen LogP contribution is -2.27. The number of hydrogen-bond donors (Lipinski definition) is 1. The van der Waals surface area contributed by atoms with E-state index in [4.69, 9.17) is 5.73 Å². The molecule has 0 bridgehead atoms. The van der Waals surface area contributed by atoms with Crippen molar-refractivity contribution in [3.05, 3.63) is 0 Å². The largest absolute Gasteiger partial charge is 0.387 e. The van der Waals surface area contributed by atoms with Crippen molar-refractivity contribution in [2.24, 2.45) is 16.6 Å². The van der Waals surface area contributed by atoms with Crippen LogP contribution in [0.5, 0.6) is 0 Å². The fourth-order valence-corrected chi connectivity index (χ4v) is 1.12. The summed E-state index contributed by atoms with van der Waals surface area (Å²) in [6, 6.07) is 0.634. The molecule has 0 saturated heterocycles. The number of amidine groups is 1. The van der Waals surface area contributed by atoms with Gasteiger partial charge in [-0.25, -0.2) is 0 Å². The zero-order chi connectivity index (χ0) is 11.8. The highest BCUT2D eigenvalue weighted by atomic mass is 15.1. The van der Waals surface area contributed by atoms with Gasteiger partial charge in [0.05, 0.1) is 5.84 Å². The van der Waals surface area contributed by atoms with Gasteiger partial charge in [0.2, 0.25) is 0 Å². The summed E-state index contributed by atoms with van der Waals surface area (Å²) in [6.07, 6.45) is 2.33. The molecule has 0 atom stereocenters. The second kappa shape index (κ2) is 7.69. The Morgan fingerprint density at radius 2 is 1.80 bits per heavy atom. The first-order valence-electron chi connectivity index (χ1n) is 5.95. The summed E-state index contributed by atoms with van der Waals surface area (Å²) in [6.45, 7) is 10.6. The summed E-state index contributed by atoms with van der Waals surface area (Å²) in [5, 5.41) is 0. The fraction of sp³-hybridized carbons (Fsp3) is 0.917. The number of nitrogens with two attached hydrogens (primary N) is 1. The molecule has 0 heterocycles. The minimum Gasteiger partial charge on any atom is -0.387 e. The van der Waals surface area contributed by atoms with Crippen LogP contribution < -0.4 is 5.73 Å². The van der Waals surface area contributed by atoms with Crippen LogP contribution in [0.2, 0.25) is 0 Å². The van der Waals surface area contributed by atoms with Crippen LogP contribution in [0.25, 0.3) is 0 Å². The highest BCUT2D eigenvalue weighted by Crippen LogP contribution is 1.99. The van der Waals surface area contributed by atoms with Crippen molar-refractivity contribution in [3.8, 4) is 0 Å². The van der Waals surface area contributed by atoms with E-state index in [0.29, 0.717) is 12.0 Å². The zero-order valence-corrected chi connectivity index (χ0v) is 11.0. The molecule has 0 aromatic heterocycles. The maximum atomic E-state index is 5.75. The van der Waals surface area contributed by atoms with Gasteiger partial charge in [-0.2, -0.15) is 0 Å². The van der Waals surface area contributed by atoms with Crippen LogP contribution in [-0.4, -0.2) is 36.9 Å². The first kappa shape index (κ1) is 14.4. The van der Waals surface area contributed by atoms with E-state index in [9.17, 15) is 0 Å². The third-order valence-corrected chi connectivity index (χ3v) is 2.69. The Hall–Kier alpha value is -0.570. The average molecular weight is 213 g/mol. The van der Waals surface area contributed by atoms with Crippen LogP contribution in [0.3, 0.4) is 0 Å². The smallest absolute Gasteiger partial charge is 0.0962 e. The Kier molecular flexibility index (Phi) is 7.39. The normalized spacial score (nSPS) is 13.2. The van der Waals surface area contributed by atoms with Crippen LogP contribution in [0.15, 0.2) is 4.99 Å².